The fraction of sp³-hybridized carbons (Fsp3) is 0.238. The van der Waals surface area contributed by atoms with Gasteiger partial charge in [-0.25, -0.2) is 4.98 Å². The number of ether oxygens (including phenoxy) is 1. The minimum atomic E-state index is -0.0215. The van der Waals surface area contributed by atoms with E-state index < -0.39 is 0 Å². The van der Waals surface area contributed by atoms with Crippen molar-refractivity contribution in [1.29, 1.82) is 0 Å². The summed E-state index contributed by atoms with van der Waals surface area (Å²) < 4.78 is 5.67. The first kappa shape index (κ1) is 16.4. The summed E-state index contributed by atoms with van der Waals surface area (Å²) in [6, 6.07) is 17.9. The Kier molecular flexibility index (Phi) is 4.44. The molecule has 0 spiro atoms. The van der Waals surface area contributed by atoms with E-state index in [1.807, 2.05) is 54.3 Å². The zero-order valence-corrected chi connectivity index (χ0v) is 14.7. The average Bonchev–Trinajstić information content (AvgIpc) is 3.16. The Morgan fingerprint density at radius 2 is 1.96 bits per heavy atom. The molecule has 1 amide bonds. The summed E-state index contributed by atoms with van der Waals surface area (Å²) in [5, 5.41) is 0. The predicted molar refractivity (Wildman–Crippen MR) is 99.0 cm³/mol. The summed E-state index contributed by atoms with van der Waals surface area (Å²) in [6.45, 7) is 3.20. The summed E-state index contributed by atoms with van der Waals surface area (Å²) in [7, 11) is 0. The van der Waals surface area contributed by atoms with Crippen molar-refractivity contribution in [2.75, 3.05) is 13.2 Å². The van der Waals surface area contributed by atoms with Crippen LogP contribution in [-0.2, 0) is 11.3 Å². The van der Waals surface area contributed by atoms with Crippen LogP contribution in [0.1, 0.15) is 28.4 Å². The number of H-pyrrole nitrogens is 1. The van der Waals surface area contributed by atoms with Crippen LogP contribution in [0.25, 0.3) is 0 Å². The second-order valence-electron chi connectivity index (χ2n) is 6.61. The quantitative estimate of drug-likeness (QED) is 0.788. The van der Waals surface area contributed by atoms with Crippen molar-refractivity contribution in [3.05, 3.63) is 83.4 Å². The molecule has 1 aliphatic heterocycles. The van der Waals surface area contributed by atoms with Crippen LogP contribution >= 0.6 is 0 Å². The monoisotopic (exact) mass is 347 g/mol. The lowest BCUT2D eigenvalue weighted by atomic mass is 9.91. The Balaban J connectivity index is 1.49. The number of nitrogens with zero attached hydrogens (tertiary/aromatic N) is 2. The maximum Gasteiger partial charge on any atom is 0.260 e. The number of imidazole rings is 1. The molecule has 0 saturated heterocycles. The van der Waals surface area contributed by atoms with Crippen LogP contribution in [0.2, 0.25) is 0 Å². The predicted octanol–water partition coefficient (Wildman–Crippen LogP) is 3.27. The third kappa shape index (κ3) is 3.33. The molecule has 1 unspecified atom stereocenters. The van der Waals surface area contributed by atoms with E-state index in [1.165, 1.54) is 0 Å². The van der Waals surface area contributed by atoms with Gasteiger partial charge in [-0.05, 0) is 24.6 Å². The van der Waals surface area contributed by atoms with E-state index in [-0.39, 0.29) is 18.4 Å². The molecule has 0 saturated carbocycles. The van der Waals surface area contributed by atoms with Gasteiger partial charge in [-0.2, -0.15) is 0 Å². The number of fused-ring (bicyclic) bond motifs is 1. The highest BCUT2D eigenvalue weighted by Crippen LogP contribution is 2.31. The molecule has 0 bridgehead atoms. The van der Waals surface area contributed by atoms with Gasteiger partial charge in [-0.3, -0.25) is 4.79 Å². The third-order valence-corrected chi connectivity index (χ3v) is 4.77. The van der Waals surface area contributed by atoms with E-state index >= 15 is 0 Å². The lowest BCUT2D eigenvalue weighted by molar-refractivity contribution is -0.134. The molecule has 5 heteroatoms. The lowest BCUT2D eigenvalue weighted by Crippen LogP contribution is -2.41. The van der Waals surface area contributed by atoms with Gasteiger partial charge < -0.3 is 14.6 Å². The standard InChI is InChI=1S/C21H21N3O2/c1-15-7-9-17(10-8-15)26-13-20(25)24-11-18(16-5-3-2-4-6-16)21-19(12-24)22-14-23-21/h2-10,14,18H,11-13H2,1H3,(H,22,23). The van der Waals surface area contributed by atoms with Gasteiger partial charge >= 0.3 is 0 Å². The molecule has 2 heterocycles. The molecule has 3 aromatic rings. The topological polar surface area (TPSA) is 58.2 Å². The summed E-state index contributed by atoms with van der Waals surface area (Å²) in [4.78, 5) is 22.2. The van der Waals surface area contributed by atoms with Gasteiger partial charge in [-0.15, -0.1) is 0 Å². The van der Waals surface area contributed by atoms with Crippen LogP contribution in [0.15, 0.2) is 60.9 Å². The number of aromatic nitrogens is 2. The maximum absolute atomic E-state index is 12.7. The molecule has 1 aliphatic rings. The normalized spacial score (nSPS) is 16.2. The SMILES string of the molecule is Cc1ccc(OCC(=O)N2Cc3[nH]cnc3C(c3ccccc3)C2)cc1. The maximum atomic E-state index is 12.7. The molecule has 0 aliphatic carbocycles. The first-order chi connectivity index (χ1) is 12.7. The molecule has 1 atom stereocenters. The van der Waals surface area contributed by atoms with Gasteiger partial charge in [-0.1, -0.05) is 48.0 Å². The van der Waals surface area contributed by atoms with Gasteiger partial charge in [0.25, 0.3) is 5.91 Å². The van der Waals surface area contributed by atoms with Crippen LogP contribution in [0.3, 0.4) is 0 Å². The number of nitrogens with one attached hydrogen (secondary N) is 1. The van der Waals surface area contributed by atoms with Crippen molar-refractivity contribution < 1.29 is 9.53 Å². The number of aryl methyl sites for hydroxylation is 1. The van der Waals surface area contributed by atoms with Crippen molar-refractivity contribution in [2.24, 2.45) is 0 Å². The molecule has 5 nitrogen and oxygen atoms in total. The van der Waals surface area contributed by atoms with Crippen molar-refractivity contribution in [1.82, 2.24) is 14.9 Å². The average molecular weight is 347 g/mol. The van der Waals surface area contributed by atoms with Crippen LogP contribution in [-0.4, -0.2) is 33.9 Å². The fourth-order valence-corrected chi connectivity index (χ4v) is 3.33. The molecule has 132 valence electrons. The van der Waals surface area contributed by atoms with Crippen molar-refractivity contribution in [3.63, 3.8) is 0 Å². The molecule has 26 heavy (non-hydrogen) atoms. The minimum Gasteiger partial charge on any atom is -0.484 e. The highest BCUT2D eigenvalue weighted by atomic mass is 16.5. The summed E-state index contributed by atoms with van der Waals surface area (Å²) in [5.74, 6) is 0.768. The van der Waals surface area contributed by atoms with Crippen molar-refractivity contribution in [2.45, 2.75) is 19.4 Å². The molecule has 4 rings (SSSR count). The fourth-order valence-electron chi connectivity index (χ4n) is 3.33. The Labute approximate surface area is 152 Å². The number of amides is 1. The van der Waals surface area contributed by atoms with E-state index in [1.54, 1.807) is 6.33 Å². The van der Waals surface area contributed by atoms with Crippen LogP contribution in [0.4, 0.5) is 0 Å². The smallest absolute Gasteiger partial charge is 0.260 e. The summed E-state index contributed by atoms with van der Waals surface area (Å²) >= 11 is 0. The van der Waals surface area contributed by atoms with E-state index in [9.17, 15) is 4.79 Å². The Hall–Kier alpha value is -3.08. The number of rotatable bonds is 4. The number of carbonyl (C=O) groups is 1. The Morgan fingerprint density at radius 1 is 1.19 bits per heavy atom. The highest BCUT2D eigenvalue weighted by Gasteiger charge is 2.31. The van der Waals surface area contributed by atoms with Gasteiger partial charge in [0.2, 0.25) is 0 Å². The van der Waals surface area contributed by atoms with E-state index in [4.69, 9.17) is 4.74 Å². The molecular formula is C21H21N3O2. The van der Waals surface area contributed by atoms with E-state index in [2.05, 4.69) is 22.1 Å². The molecule has 2 aromatic carbocycles. The number of hydrogen-bond donors (Lipinski definition) is 1. The highest BCUT2D eigenvalue weighted by molar-refractivity contribution is 5.78. The van der Waals surface area contributed by atoms with Crippen molar-refractivity contribution in [3.8, 4) is 5.75 Å². The van der Waals surface area contributed by atoms with Crippen LogP contribution < -0.4 is 4.74 Å². The Morgan fingerprint density at radius 3 is 2.73 bits per heavy atom. The first-order valence-electron chi connectivity index (χ1n) is 8.75. The van der Waals surface area contributed by atoms with Gasteiger partial charge in [0, 0.05) is 12.5 Å². The number of hydrogen-bond acceptors (Lipinski definition) is 3. The second kappa shape index (κ2) is 7.04. The summed E-state index contributed by atoms with van der Waals surface area (Å²) in [5.41, 5.74) is 4.35. The van der Waals surface area contributed by atoms with Gasteiger partial charge in [0.1, 0.15) is 5.75 Å². The number of aromatic amines is 1. The molecular weight excluding hydrogens is 326 g/mol. The molecule has 1 aromatic heterocycles. The van der Waals surface area contributed by atoms with E-state index in [0.29, 0.717) is 18.8 Å². The van der Waals surface area contributed by atoms with Gasteiger partial charge in [0.15, 0.2) is 6.61 Å². The minimum absolute atomic E-state index is 0.0215. The zero-order chi connectivity index (χ0) is 17.9. The Bertz CT molecular complexity index is 887. The zero-order valence-electron chi connectivity index (χ0n) is 14.7. The molecule has 1 N–H and O–H groups in total. The first-order valence-corrected chi connectivity index (χ1v) is 8.75. The molecule has 0 fully saturated rings. The lowest BCUT2D eigenvalue weighted by Gasteiger charge is -2.32. The number of benzene rings is 2. The largest absolute Gasteiger partial charge is 0.484 e. The second-order valence-corrected chi connectivity index (χ2v) is 6.61. The third-order valence-electron chi connectivity index (χ3n) is 4.77. The van der Waals surface area contributed by atoms with Gasteiger partial charge in [0.05, 0.1) is 24.3 Å². The summed E-state index contributed by atoms with van der Waals surface area (Å²) in [6.07, 6.45) is 1.71. The molecule has 0 radical (unpaired) electrons. The van der Waals surface area contributed by atoms with Crippen LogP contribution in [0, 0.1) is 6.92 Å². The van der Waals surface area contributed by atoms with E-state index in [0.717, 1.165) is 22.5 Å². The van der Waals surface area contributed by atoms with Crippen molar-refractivity contribution >= 4 is 5.91 Å². The number of carbonyl (C=O) groups excluding carboxylic acids is 1. The van der Waals surface area contributed by atoms with Crippen LogP contribution in [0.5, 0.6) is 5.75 Å².